The zero-order chi connectivity index (χ0) is 16.1. The molecule has 0 aliphatic carbocycles. The van der Waals surface area contributed by atoms with Crippen LogP contribution in [-0.4, -0.2) is 5.91 Å². The molecular weight excluding hydrogens is 317 g/mol. The van der Waals surface area contributed by atoms with E-state index in [4.69, 9.17) is 23.2 Å². The zero-order valence-corrected chi connectivity index (χ0v) is 13.9. The maximum Gasteiger partial charge on any atom is 0.248 e. The maximum atomic E-state index is 11.9. The number of benzene rings is 2. The molecule has 0 heterocycles. The Morgan fingerprint density at radius 2 is 1.77 bits per heavy atom. The fourth-order valence-corrected chi connectivity index (χ4v) is 2.27. The minimum absolute atomic E-state index is 0.253. The van der Waals surface area contributed by atoms with Gasteiger partial charge in [0.05, 0.1) is 10.7 Å². The van der Waals surface area contributed by atoms with Crippen molar-refractivity contribution in [3.63, 3.8) is 0 Å². The van der Waals surface area contributed by atoms with Crippen molar-refractivity contribution in [2.24, 2.45) is 0 Å². The molecule has 1 amide bonds. The van der Waals surface area contributed by atoms with E-state index in [0.717, 1.165) is 5.56 Å². The Morgan fingerprint density at radius 3 is 2.41 bits per heavy atom. The van der Waals surface area contributed by atoms with Crippen LogP contribution in [0.4, 0.5) is 5.69 Å². The molecule has 0 spiro atoms. The average Bonchev–Trinajstić information content (AvgIpc) is 2.49. The highest BCUT2D eigenvalue weighted by atomic mass is 35.5. The largest absolute Gasteiger partial charge is 0.321 e. The van der Waals surface area contributed by atoms with Crippen LogP contribution in [0.25, 0.3) is 6.08 Å². The second kappa shape index (κ2) is 7.48. The van der Waals surface area contributed by atoms with E-state index in [0.29, 0.717) is 21.7 Å². The highest BCUT2D eigenvalue weighted by Gasteiger charge is 2.04. The summed E-state index contributed by atoms with van der Waals surface area (Å²) in [5.74, 6) is 0.239. The summed E-state index contributed by atoms with van der Waals surface area (Å²) >= 11 is 11.9. The molecule has 2 aromatic rings. The van der Waals surface area contributed by atoms with Crippen LogP contribution >= 0.6 is 23.2 Å². The van der Waals surface area contributed by atoms with Gasteiger partial charge in [-0.15, -0.1) is 0 Å². The maximum absolute atomic E-state index is 11.9. The SMILES string of the molecule is CC(C)c1ccc(C=CC(=O)Nc2cc(Cl)ccc2Cl)cc1. The van der Waals surface area contributed by atoms with Crippen molar-refractivity contribution in [3.05, 3.63) is 69.7 Å². The molecule has 0 aromatic heterocycles. The van der Waals surface area contributed by atoms with Crippen LogP contribution in [0.2, 0.25) is 10.0 Å². The van der Waals surface area contributed by atoms with Crippen molar-refractivity contribution in [2.45, 2.75) is 19.8 Å². The summed E-state index contributed by atoms with van der Waals surface area (Å²) < 4.78 is 0. The normalized spacial score (nSPS) is 11.1. The minimum Gasteiger partial charge on any atom is -0.321 e. The molecule has 114 valence electrons. The van der Waals surface area contributed by atoms with Gasteiger partial charge in [0.25, 0.3) is 0 Å². The van der Waals surface area contributed by atoms with Crippen LogP contribution in [0.1, 0.15) is 30.9 Å². The van der Waals surface area contributed by atoms with Gasteiger partial charge in [0.15, 0.2) is 0 Å². The molecule has 2 nitrogen and oxygen atoms in total. The van der Waals surface area contributed by atoms with E-state index in [-0.39, 0.29) is 5.91 Å². The molecule has 4 heteroatoms. The molecule has 2 aromatic carbocycles. The lowest BCUT2D eigenvalue weighted by atomic mass is 10.0. The summed E-state index contributed by atoms with van der Waals surface area (Å²) in [6.07, 6.45) is 3.24. The van der Waals surface area contributed by atoms with E-state index in [1.54, 1.807) is 24.3 Å². The van der Waals surface area contributed by atoms with Crippen molar-refractivity contribution in [1.29, 1.82) is 0 Å². The van der Waals surface area contributed by atoms with Gasteiger partial charge in [0, 0.05) is 11.1 Å². The summed E-state index contributed by atoms with van der Waals surface area (Å²) in [4.78, 5) is 11.9. The van der Waals surface area contributed by atoms with Crippen LogP contribution in [0.15, 0.2) is 48.5 Å². The van der Waals surface area contributed by atoms with Gasteiger partial charge < -0.3 is 5.32 Å². The lowest BCUT2D eigenvalue weighted by Crippen LogP contribution is -2.08. The summed E-state index contributed by atoms with van der Waals surface area (Å²) in [6, 6.07) is 13.1. The monoisotopic (exact) mass is 333 g/mol. The third kappa shape index (κ3) is 4.62. The van der Waals surface area contributed by atoms with Crippen molar-refractivity contribution in [2.75, 3.05) is 5.32 Å². The molecule has 0 saturated carbocycles. The van der Waals surface area contributed by atoms with Gasteiger partial charge in [-0.2, -0.15) is 0 Å². The lowest BCUT2D eigenvalue weighted by Gasteiger charge is -2.06. The fraction of sp³-hybridized carbons (Fsp3) is 0.167. The highest BCUT2D eigenvalue weighted by Crippen LogP contribution is 2.25. The van der Waals surface area contributed by atoms with Crippen molar-refractivity contribution >= 4 is 40.9 Å². The summed E-state index contributed by atoms with van der Waals surface area (Å²) in [5, 5.41) is 3.68. The second-order valence-electron chi connectivity index (χ2n) is 5.27. The number of hydrogen-bond acceptors (Lipinski definition) is 1. The van der Waals surface area contributed by atoms with Gasteiger partial charge in [0.2, 0.25) is 5.91 Å². The number of hydrogen-bond donors (Lipinski definition) is 1. The first-order valence-corrected chi connectivity index (χ1v) is 7.75. The van der Waals surface area contributed by atoms with Crippen LogP contribution in [0, 0.1) is 0 Å². The van der Waals surface area contributed by atoms with E-state index < -0.39 is 0 Å². The first-order chi connectivity index (χ1) is 10.5. The lowest BCUT2D eigenvalue weighted by molar-refractivity contribution is -0.111. The number of carbonyl (C=O) groups excluding carboxylic acids is 1. The number of rotatable bonds is 4. The first kappa shape index (κ1) is 16.6. The van der Waals surface area contributed by atoms with Gasteiger partial charge in [0.1, 0.15) is 0 Å². The minimum atomic E-state index is -0.253. The van der Waals surface area contributed by atoms with Crippen molar-refractivity contribution < 1.29 is 4.79 Å². The molecule has 0 bridgehead atoms. The van der Waals surface area contributed by atoms with Crippen LogP contribution in [0.3, 0.4) is 0 Å². The van der Waals surface area contributed by atoms with Crippen LogP contribution in [0.5, 0.6) is 0 Å². The smallest absolute Gasteiger partial charge is 0.248 e. The van der Waals surface area contributed by atoms with Crippen molar-refractivity contribution in [1.82, 2.24) is 0 Å². The third-order valence-electron chi connectivity index (χ3n) is 3.22. The quantitative estimate of drug-likeness (QED) is 0.707. The molecule has 0 fully saturated rings. The van der Waals surface area contributed by atoms with E-state index in [9.17, 15) is 4.79 Å². The molecule has 0 aliphatic heterocycles. The molecule has 0 atom stereocenters. The van der Waals surface area contributed by atoms with E-state index in [1.807, 2.05) is 12.1 Å². The van der Waals surface area contributed by atoms with E-state index in [1.165, 1.54) is 11.6 Å². The first-order valence-electron chi connectivity index (χ1n) is 7.00. The van der Waals surface area contributed by atoms with E-state index in [2.05, 4.69) is 31.3 Å². The average molecular weight is 334 g/mol. The Labute approximate surface area is 140 Å². The summed E-state index contributed by atoms with van der Waals surface area (Å²) in [5.41, 5.74) is 2.74. The van der Waals surface area contributed by atoms with Gasteiger partial charge in [-0.1, -0.05) is 61.3 Å². The Hall–Kier alpha value is -1.77. The Bertz CT molecular complexity index is 691. The van der Waals surface area contributed by atoms with Gasteiger partial charge in [-0.3, -0.25) is 4.79 Å². The number of amides is 1. The highest BCUT2D eigenvalue weighted by molar-refractivity contribution is 6.35. The van der Waals surface area contributed by atoms with Gasteiger partial charge in [-0.25, -0.2) is 0 Å². The second-order valence-corrected chi connectivity index (χ2v) is 6.11. The molecule has 2 rings (SSSR count). The number of nitrogens with one attached hydrogen (secondary N) is 1. The molecule has 0 aliphatic rings. The predicted molar refractivity (Wildman–Crippen MR) is 94.7 cm³/mol. The molecule has 0 unspecified atom stereocenters. The zero-order valence-electron chi connectivity index (χ0n) is 12.4. The molecule has 1 N–H and O–H groups in total. The number of halogens is 2. The molecule has 0 radical (unpaired) electrons. The van der Waals surface area contributed by atoms with Gasteiger partial charge in [-0.05, 0) is 41.3 Å². The summed E-state index contributed by atoms with van der Waals surface area (Å²) in [6.45, 7) is 4.29. The Kier molecular flexibility index (Phi) is 5.64. The van der Waals surface area contributed by atoms with Crippen molar-refractivity contribution in [3.8, 4) is 0 Å². The molecule has 22 heavy (non-hydrogen) atoms. The summed E-state index contributed by atoms with van der Waals surface area (Å²) in [7, 11) is 0. The van der Waals surface area contributed by atoms with E-state index >= 15 is 0 Å². The van der Waals surface area contributed by atoms with Crippen LogP contribution in [-0.2, 0) is 4.79 Å². The third-order valence-corrected chi connectivity index (χ3v) is 3.78. The topological polar surface area (TPSA) is 29.1 Å². The number of anilines is 1. The molecular formula is C18H17Cl2NO. The molecule has 0 saturated heterocycles. The van der Waals surface area contributed by atoms with Gasteiger partial charge >= 0.3 is 0 Å². The Morgan fingerprint density at radius 1 is 1.09 bits per heavy atom. The fourth-order valence-electron chi connectivity index (χ4n) is 1.93. The number of carbonyl (C=O) groups is 1. The standard InChI is InChI=1S/C18H17Cl2NO/c1-12(2)14-6-3-13(4-7-14)5-10-18(22)21-17-11-15(19)8-9-16(17)20/h3-12H,1-2H3,(H,21,22). The Balaban J connectivity index is 2.03. The van der Waals surface area contributed by atoms with Crippen LogP contribution < -0.4 is 5.32 Å². The predicted octanol–water partition coefficient (Wildman–Crippen LogP) is 5.77.